The number of nitrogens with two attached hydrogens (primary N) is 1. The first-order valence-electron chi connectivity index (χ1n) is 7.13. The largest absolute Gasteiger partial charge is 0.389 e. The van der Waals surface area contributed by atoms with Crippen LogP contribution in [0.3, 0.4) is 0 Å². The first kappa shape index (κ1) is 14.2. The average Bonchev–Trinajstić information content (AvgIpc) is 2.44. The Kier molecular flexibility index (Phi) is 3.55. The lowest BCUT2D eigenvalue weighted by Gasteiger charge is -2.39. The van der Waals surface area contributed by atoms with Crippen LogP contribution in [-0.2, 0) is 0 Å². The van der Waals surface area contributed by atoms with Crippen LogP contribution in [0.1, 0.15) is 25.3 Å². The summed E-state index contributed by atoms with van der Waals surface area (Å²) in [6.45, 7) is 3.35. The van der Waals surface area contributed by atoms with Crippen LogP contribution in [0.4, 0.5) is 5.69 Å². The van der Waals surface area contributed by atoms with E-state index in [1.807, 2.05) is 31.2 Å². The highest BCUT2D eigenvalue weighted by atomic mass is 32.1. The number of benzene rings is 1. The van der Waals surface area contributed by atoms with Crippen molar-refractivity contribution in [2.75, 3.05) is 18.0 Å². The lowest BCUT2D eigenvalue weighted by molar-refractivity contribution is 0.0450. The quantitative estimate of drug-likeness (QED) is 0.833. The van der Waals surface area contributed by atoms with Crippen LogP contribution in [0.5, 0.6) is 0 Å². The summed E-state index contributed by atoms with van der Waals surface area (Å²) < 4.78 is 0. The molecular weight excluding hydrogens is 282 g/mol. The van der Waals surface area contributed by atoms with Crippen LogP contribution >= 0.6 is 12.2 Å². The minimum atomic E-state index is -0.684. The summed E-state index contributed by atoms with van der Waals surface area (Å²) >= 11 is 5.19. The molecule has 2 heterocycles. The van der Waals surface area contributed by atoms with Crippen LogP contribution in [-0.4, -0.2) is 33.8 Å². The van der Waals surface area contributed by atoms with Gasteiger partial charge in [-0.15, -0.1) is 0 Å². The highest BCUT2D eigenvalue weighted by Gasteiger charge is 2.30. The van der Waals surface area contributed by atoms with E-state index in [2.05, 4.69) is 9.88 Å². The molecule has 1 atom stereocenters. The standard InChI is InChI=1S/C16H19N3OS/c1-16(20)7-4-8-19(10-16)14-11-5-2-3-6-13(11)18-9-12(14)15(17)21/h2-3,5-6,9,20H,4,7-8,10H2,1H3,(H2,17,21). The van der Waals surface area contributed by atoms with Crippen molar-refractivity contribution in [3.8, 4) is 0 Å². The number of fused-ring (bicyclic) bond motifs is 1. The molecule has 1 aromatic carbocycles. The van der Waals surface area contributed by atoms with Gasteiger partial charge in [0.15, 0.2) is 0 Å². The SMILES string of the molecule is CC1(O)CCCN(c2c(C(N)=S)cnc3ccccc23)C1. The molecule has 0 amide bonds. The second-order valence-electron chi connectivity index (χ2n) is 5.92. The molecule has 1 aliphatic heterocycles. The first-order chi connectivity index (χ1) is 9.98. The van der Waals surface area contributed by atoms with Gasteiger partial charge >= 0.3 is 0 Å². The maximum atomic E-state index is 10.4. The number of aliphatic hydroxyl groups is 1. The normalized spacial score (nSPS) is 22.5. The van der Waals surface area contributed by atoms with Gasteiger partial charge < -0.3 is 15.7 Å². The van der Waals surface area contributed by atoms with Crippen LogP contribution < -0.4 is 10.6 Å². The molecule has 3 N–H and O–H groups in total. The summed E-state index contributed by atoms with van der Waals surface area (Å²) in [6.07, 6.45) is 3.50. The van der Waals surface area contributed by atoms with Gasteiger partial charge in [0.25, 0.3) is 0 Å². The Balaban J connectivity index is 2.18. The summed E-state index contributed by atoms with van der Waals surface area (Å²) in [7, 11) is 0. The van der Waals surface area contributed by atoms with Gasteiger partial charge in [-0.3, -0.25) is 4.98 Å². The van der Waals surface area contributed by atoms with Crippen molar-refractivity contribution in [1.82, 2.24) is 4.98 Å². The minimum absolute atomic E-state index is 0.341. The average molecular weight is 301 g/mol. The fourth-order valence-corrected chi connectivity index (χ4v) is 3.21. The molecule has 0 bridgehead atoms. The molecule has 1 aromatic heterocycles. The zero-order valence-electron chi connectivity index (χ0n) is 12.0. The van der Waals surface area contributed by atoms with E-state index < -0.39 is 5.60 Å². The van der Waals surface area contributed by atoms with Crippen molar-refractivity contribution < 1.29 is 5.11 Å². The molecule has 1 aliphatic rings. The minimum Gasteiger partial charge on any atom is -0.389 e. The number of piperidine rings is 1. The topological polar surface area (TPSA) is 62.4 Å². The number of hydrogen-bond donors (Lipinski definition) is 2. The van der Waals surface area contributed by atoms with Crippen molar-refractivity contribution in [3.05, 3.63) is 36.0 Å². The lowest BCUT2D eigenvalue weighted by Crippen LogP contribution is -2.46. The Bertz CT molecular complexity index is 699. The third kappa shape index (κ3) is 2.71. The maximum absolute atomic E-state index is 10.4. The van der Waals surface area contributed by atoms with E-state index in [0.29, 0.717) is 11.5 Å². The van der Waals surface area contributed by atoms with E-state index in [9.17, 15) is 5.11 Å². The van der Waals surface area contributed by atoms with Crippen molar-refractivity contribution in [2.45, 2.75) is 25.4 Å². The van der Waals surface area contributed by atoms with Gasteiger partial charge in [0.1, 0.15) is 4.99 Å². The Hall–Kier alpha value is -1.72. The summed E-state index contributed by atoms with van der Waals surface area (Å²) in [5.74, 6) is 0. The summed E-state index contributed by atoms with van der Waals surface area (Å²) in [4.78, 5) is 6.96. The molecule has 0 aliphatic carbocycles. The van der Waals surface area contributed by atoms with Crippen LogP contribution in [0.15, 0.2) is 30.5 Å². The van der Waals surface area contributed by atoms with Crippen LogP contribution in [0.25, 0.3) is 10.9 Å². The smallest absolute Gasteiger partial charge is 0.107 e. The van der Waals surface area contributed by atoms with E-state index in [0.717, 1.165) is 41.5 Å². The summed E-state index contributed by atoms with van der Waals surface area (Å²) in [5.41, 5.74) is 7.88. The second-order valence-corrected chi connectivity index (χ2v) is 6.36. The molecule has 4 nitrogen and oxygen atoms in total. The number of pyridine rings is 1. The van der Waals surface area contributed by atoms with Gasteiger partial charge in [-0.05, 0) is 25.8 Å². The number of rotatable bonds is 2. The summed E-state index contributed by atoms with van der Waals surface area (Å²) in [6, 6.07) is 7.96. The molecule has 110 valence electrons. The van der Waals surface area contributed by atoms with Gasteiger partial charge in [-0.1, -0.05) is 30.4 Å². The first-order valence-corrected chi connectivity index (χ1v) is 7.54. The molecule has 5 heteroatoms. The van der Waals surface area contributed by atoms with Crippen molar-refractivity contribution >= 4 is 33.8 Å². The molecule has 3 rings (SSSR count). The molecule has 0 saturated carbocycles. The second kappa shape index (κ2) is 5.24. The number of anilines is 1. The third-order valence-corrected chi connectivity index (χ3v) is 4.22. The van der Waals surface area contributed by atoms with Crippen molar-refractivity contribution in [3.63, 3.8) is 0 Å². The number of hydrogen-bond acceptors (Lipinski definition) is 4. The Morgan fingerprint density at radius 2 is 2.19 bits per heavy atom. The highest BCUT2D eigenvalue weighted by molar-refractivity contribution is 7.80. The molecule has 1 saturated heterocycles. The highest BCUT2D eigenvalue weighted by Crippen LogP contribution is 2.33. The third-order valence-electron chi connectivity index (χ3n) is 4.00. The Morgan fingerprint density at radius 1 is 1.43 bits per heavy atom. The predicted molar refractivity (Wildman–Crippen MR) is 89.7 cm³/mol. The predicted octanol–water partition coefficient (Wildman–Crippen LogP) is 2.22. The number of nitrogens with zero attached hydrogens (tertiary/aromatic N) is 2. The van der Waals surface area contributed by atoms with Gasteiger partial charge in [-0.25, -0.2) is 0 Å². The molecule has 0 spiro atoms. The number of aromatic nitrogens is 1. The van der Waals surface area contributed by atoms with Gasteiger partial charge in [-0.2, -0.15) is 0 Å². The zero-order chi connectivity index (χ0) is 15.0. The lowest BCUT2D eigenvalue weighted by atomic mass is 9.93. The van der Waals surface area contributed by atoms with Gasteiger partial charge in [0, 0.05) is 24.7 Å². The van der Waals surface area contributed by atoms with Gasteiger partial charge in [0.2, 0.25) is 0 Å². The molecule has 2 aromatic rings. The number of β-amino-alcohol motifs (C(OH)–C–C–N with tert-alkyl or cyclic N) is 1. The Labute approximate surface area is 129 Å². The maximum Gasteiger partial charge on any atom is 0.107 e. The fourth-order valence-electron chi connectivity index (χ4n) is 3.06. The van der Waals surface area contributed by atoms with Crippen molar-refractivity contribution in [2.24, 2.45) is 5.73 Å². The Morgan fingerprint density at radius 3 is 2.90 bits per heavy atom. The fraction of sp³-hybridized carbons (Fsp3) is 0.375. The molecule has 1 unspecified atom stereocenters. The van der Waals surface area contributed by atoms with E-state index in [1.165, 1.54) is 0 Å². The molecule has 21 heavy (non-hydrogen) atoms. The van der Waals surface area contributed by atoms with E-state index in [1.54, 1.807) is 6.20 Å². The van der Waals surface area contributed by atoms with Crippen molar-refractivity contribution in [1.29, 1.82) is 0 Å². The molecule has 1 fully saturated rings. The van der Waals surface area contributed by atoms with E-state index >= 15 is 0 Å². The zero-order valence-corrected chi connectivity index (χ0v) is 12.9. The van der Waals surface area contributed by atoms with Crippen LogP contribution in [0, 0.1) is 0 Å². The van der Waals surface area contributed by atoms with E-state index in [4.69, 9.17) is 18.0 Å². The number of thiocarbonyl (C=S) groups is 1. The van der Waals surface area contributed by atoms with Crippen LogP contribution in [0.2, 0.25) is 0 Å². The van der Waals surface area contributed by atoms with E-state index in [-0.39, 0.29) is 0 Å². The molecule has 0 radical (unpaired) electrons. The number of para-hydroxylation sites is 1. The summed E-state index contributed by atoms with van der Waals surface area (Å²) in [5, 5.41) is 11.4. The van der Waals surface area contributed by atoms with Gasteiger partial charge in [0.05, 0.1) is 22.4 Å². The monoisotopic (exact) mass is 301 g/mol. The molecular formula is C16H19N3OS.